The first-order valence-electron chi connectivity index (χ1n) is 14.1. The van der Waals surface area contributed by atoms with E-state index in [1.807, 2.05) is 62.4 Å². The Morgan fingerprint density at radius 2 is 0.975 bits per heavy atom. The molecule has 4 nitrogen and oxygen atoms in total. The molecule has 0 saturated carbocycles. The number of hydrogen-bond donors (Lipinski definition) is 0. The molecule has 4 aromatic rings. The van der Waals surface area contributed by atoms with E-state index >= 15 is 0 Å². The molecule has 202 valence electrons. The van der Waals surface area contributed by atoms with Gasteiger partial charge in [0, 0.05) is 18.3 Å². The van der Waals surface area contributed by atoms with Gasteiger partial charge in [-0.1, -0.05) is 97.1 Å². The van der Waals surface area contributed by atoms with Gasteiger partial charge in [-0.2, -0.15) is 0 Å². The first-order valence-corrected chi connectivity index (χ1v) is 14.1. The fourth-order valence-electron chi connectivity index (χ4n) is 6.26. The lowest BCUT2D eigenvalue weighted by molar-refractivity contribution is -0.155. The SMILES string of the molecule is CC(C)(CCCC(=O)OCC1c2ccccc2-c2ccccc21)C(=O)OCC1c2ccccc2-c2ccccc21. The summed E-state index contributed by atoms with van der Waals surface area (Å²) in [5.74, 6) is -0.381. The summed E-state index contributed by atoms with van der Waals surface area (Å²) in [6, 6.07) is 33.3. The highest BCUT2D eigenvalue weighted by molar-refractivity contribution is 5.81. The Kier molecular flexibility index (Phi) is 7.02. The van der Waals surface area contributed by atoms with Gasteiger partial charge in [0.05, 0.1) is 5.41 Å². The smallest absolute Gasteiger partial charge is 0.311 e. The number of carbonyl (C=O) groups is 2. The van der Waals surface area contributed by atoms with E-state index in [4.69, 9.17) is 9.47 Å². The number of fused-ring (bicyclic) bond motifs is 6. The van der Waals surface area contributed by atoms with Crippen molar-refractivity contribution in [2.24, 2.45) is 5.41 Å². The van der Waals surface area contributed by atoms with Crippen LogP contribution in [0, 0.1) is 5.41 Å². The zero-order valence-electron chi connectivity index (χ0n) is 23.1. The van der Waals surface area contributed by atoms with Crippen molar-refractivity contribution in [3.05, 3.63) is 119 Å². The summed E-state index contributed by atoms with van der Waals surface area (Å²) in [5.41, 5.74) is 8.95. The number of rotatable bonds is 9. The molecule has 0 radical (unpaired) electrons. The van der Waals surface area contributed by atoms with Crippen LogP contribution in [0.4, 0.5) is 0 Å². The van der Waals surface area contributed by atoms with E-state index < -0.39 is 5.41 Å². The van der Waals surface area contributed by atoms with Crippen LogP contribution in [0.1, 0.15) is 67.2 Å². The lowest BCUT2D eigenvalue weighted by Gasteiger charge is -2.24. The van der Waals surface area contributed by atoms with Crippen molar-refractivity contribution in [2.75, 3.05) is 13.2 Å². The molecular formula is C36H34O4. The van der Waals surface area contributed by atoms with Gasteiger partial charge in [-0.25, -0.2) is 0 Å². The maximum absolute atomic E-state index is 13.1. The van der Waals surface area contributed by atoms with Crippen LogP contribution >= 0.6 is 0 Å². The van der Waals surface area contributed by atoms with Crippen molar-refractivity contribution in [2.45, 2.75) is 44.9 Å². The summed E-state index contributed by atoms with van der Waals surface area (Å²) < 4.78 is 11.6. The van der Waals surface area contributed by atoms with Crippen LogP contribution in [0.25, 0.3) is 22.3 Å². The predicted octanol–water partition coefficient (Wildman–Crippen LogP) is 7.89. The Balaban J connectivity index is 1.01. The molecule has 40 heavy (non-hydrogen) atoms. The van der Waals surface area contributed by atoms with E-state index in [1.165, 1.54) is 44.5 Å². The van der Waals surface area contributed by atoms with Crippen LogP contribution in [0.15, 0.2) is 97.1 Å². The van der Waals surface area contributed by atoms with Crippen molar-refractivity contribution in [1.29, 1.82) is 0 Å². The number of esters is 2. The molecule has 2 aliphatic carbocycles. The van der Waals surface area contributed by atoms with Crippen molar-refractivity contribution in [1.82, 2.24) is 0 Å². The first kappa shape index (κ1) is 26.1. The van der Waals surface area contributed by atoms with E-state index in [0.29, 0.717) is 26.1 Å². The van der Waals surface area contributed by atoms with Crippen molar-refractivity contribution >= 4 is 11.9 Å². The van der Waals surface area contributed by atoms with Crippen LogP contribution < -0.4 is 0 Å². The second-order valence-corrected chi connectivity index (χ2v) is 11.5. The molecule has 6 rings (SSSR count). The van der Waals surface area contributed by atoms with Gasteiger partial charge in [-0.3, -0.25) is 9.59 Å². The quantitative estimate of drug-likeness (QED) is 0.207. The van der Waals surface area contributed by atoms with Crippen molar-refractivity contribution < 1.29 is 19.1 Å². The maximum atomic E-state index is 13.1. The minimum Gasteiger partial charge on any atom is -0.465 e. The molecule has 4 heteroatoms. The summed E-state index contributed by atoms with van der Waals surface area (Å²) in [4.78, 5) is 25.8. The molecule has 0 bridgehead atoms. The van der Waals surface area contributed by atoms with Crippen LogP contribution in [0.3, 0.4) is 0 Å². The fraction of sp³-hybridized carbons (Fsp3) is 0.278. The third-order valence-corrected chi connectivity index (χ3v) is 8.45. The molecule has 2 aliphatic rings. The Hall–Kier alpha value is -4.18. The standard InChI is InChI=1S/C36H34O4/c1-36(2,35(38)40-23-33-30-18-9-5-14-26(30)27-15-6-10-19-31(27)33)21-11-20-34(37)39-22-32-28-16-7-3-12-24(28)25-13-4-8-17-29(25)32/h3-10,12-19,32-33H,11,20-23H2,1-2H3. The van der Waals surface area contributed by atoms with Gasteiger partial charge in [-0.15, -0.1) is 0 Å². The molecule has 4 aromatic carbocycles. The Morgan fingerprint density at radius 3 is 1.40 bits per heavy atom. The van der Waals surface area contributed by atoms with Gasteiger partial charge in [-0.05, 0) is 71.2 Å². The lowest BCUT2D eigenvalue weighted by atomic mass is 9.87. The molecular weight excluding hydrogens is 496 g/mol. The zero-order valence-corrected chi connectivity index (χ0v) is 23.1. The average molecular weight is 531 g/mol. The second-order valence-electron chi connectivity index (χ2n) is 11.5. The van der Waals surface area contributed by atoms with Gasteiger partial charge < -0.3 is 9.47 Å². The number of benzene rings is 4. The summed E-state index contributed by atoms with van der Waals surface area (Å²) >= 11 is 0. The molecule has 0 spiro atoms. The summed E-state index contributed by atoms with van der Waals surface area (Å²) in [7, 11) is 0. The molecule has 0 N–H and O–H groups in total. The van der Waals surface area contributed by atoms with Gasteiger partial charge in [0.15, 0.2) is 0 Å². The Bertz CT molecular complexity index is 1480. The number of carbonyl (C=O) groups excluding carboxylic acids is 2. The van der Waals surface area contributed by atoms with Gasteiger partial charge in [0.2, 0.25) is 0 Å². The molecule has 0 fully saturated rings. The highest BCUT2D eigenvalue weighted by atomic mass is 16.5. The summed E-state index contributed by atoms with van der Waals surface area (Å²) in [5, 5.41) is 0. The van der Waals surface area contributed by atoms with Crippen molar-refractivity contribution in [3.63, 3.8) is 0 Å². The largest absolute Gasteiger partial charge is 0.465 e. The van der Waals surface area contributed by atoms with E-state index in [9.17, 15) is 9.59 Å². The molecule has 0 aromatic heterocycles. The first-order chi connectivity index (χ1) is 19.4. The monoisotopic (exact) mass is 530 g/mol. The Morgan fingerprint density at radius 1 is 0.600 bits per heavy atom. The normalized spacial score (nSPS) is 13.8. The minimum absolute atomic E-state index is 0.0352. The molecule has 0 unspecified atom stereocenters. The highest BCUT2D eigenvalue weighted by Gasteiger charge is 2.34. The number of ether oxygens (including phenoxy) is 2. The van der Waals surface area contributed by atoms with Gasteiger partial charge in [0.1, 0.15) is 13.2 Å². The predicted molar refractivity (Wildman–Crippen MR) is 157 cm³/mol. The van der Waals surface area contributed by atoms with E-state index in [-0.39, 0.29) is 30.2 Å². The fourth-order valence-corrected chi connectivity index (χ4v) is 6.26. The van der Waals surface area contributed by atoms with Gasteiger partial charge in [0.25, 0.3) is 0 Å². The molecule has 0 amide bonds. The van der Waals surface area contributed by atoms with Gasteiger partial charge >= 0.3 is 11.9 Å². The minimum atomic E-state index is -0.693. The number of hydrogen-bond acceptors (Lipinski definition) is 4. The lowest BCUT2D eigenvalue weighted by Crippen LogP contribution is -2.28. The highest BCUT2D eigenvalue weighted by Crippen LogP contribution is 2.46. The second kappa shape index (κ2) is 10.8. The average Bonchev–Trinajstić information content (AvgIpc) is 3.47. The van der Waals surface area contributed by atoms with E-state index in [0.717, 1.165) is 0 Å². The maximum Gasteiger partial charge on any atom is 0.311 e. The molecule has 0 heterocycles. The third-order valence-electron chi connectivity index (χ3n) is 8.45. The molecule has 0 aliphatic heterocycles. The summed E-state index contributed by atoms with van der Waals surface area (Å²) in [6.07, 6.45) is 1.39. The summed E-state index contributed by atoms with van der Waals surface area (Å²) in [6.45, 7) is 4.42. The van der Waals surface area contributed by atoms with Crippen LogP contribution in [0.5, 0.6) is 0 Å². The van der Waals surface area contributed by atoms with Crippen LogP contribution in [-0.2, 0) is 19.1 Å². The van der Waals surface area contributed by atoms with Crippen molar-refractivity contribution in [3.8, 4) is 22.3 Å². The van der Waals surface area contributed by atoms with E-state index in [1.54, 1.807) is 0 Å². The molecule has 0 atom stereocenters. The van der Waals surface area contributed by atoms with Crippen LogP contribution in [0.2, 0.25) is 0 Å². The zero-order chi connectivity index (χ0) is 27.7. The topological polar surface area (TPSA) is 52.6 Å². The third kappa shape index (κ3) is 4.83. The van der Waals surface area contributed by atoms with Crippen LogP contribution in [-0.4, -0.2) is 25.2 Å². The van der Waals surface area contributed by atoms with E-state index in [2.05, 4.69) is 48.5 Å². The molecule has 0 saturated heterocycles. The Labute approximate surface area is 236 Å².